The molecular weight excluding hydrogens is 246 g/mol. The molecule has 0 spiro atoms. The number of hydrogen-bond acceptors (Lipinski definition) is 3. The van der Waals surface area contributed by atoms with Gasteiger partial charge in [-0.1, -0.05) is 26.7 Å². The normalized spacial score (nSPS) is 25.7. The van der Waals surface area contributed by atoms with Crippen molar-refractivity contribution in [1.82, 2.24) is 15.3 Å². The van der Waals surface area contributed by atoms with E-state index in [2.05, 4.69) is 19.2 Å². The zero-order valence-electron chi connectivity index (χ0n) is 12.9. The Morgan fingerprint density at radius 1 is 1.05 bits per heavy atom. The molecule has 1 N–H and O–H groups in total. The van der Waals surface area contributed by atoms with Crippen LogP contribution in [0, 0.1) is 5.92 Å². The molecule has 1 aliphatic carbocycles. The number of nitrogens with one attached hydrogen (secondary N) is 1. The highest BCUT2D eigenvalue weighted by atomic mass is 15.0. The molecule has 3 rings (SSSR count). The lowest BCUT2D eigenvalue weighted by Crippen LogP contribution is -2.17. The first-order valence-corrected chi connectivity index (χ1v) is 8.41. The summed E-state index contributed by atoms with van der Waals surface area (Å²) in [4.78, 5) is 9.79. The second-order valence-electron chi connectivity index (χ2n) is 6.42. The van der Waals surface area contributed by atoms with Gasteiger partial charge in [-0.05, 0) is 38.0 Å². The lowest BCUT2D eigenvalue weighted by atomic mass is 9.79. The van der Waals surface area contributed by atoms with Crippen LogP contribution >= 0.6 is 0 Å². The van der Waals surface area contributed by atoms with Crippen molar-refractivity contribution in [2.24, 2.45) is 5.92 Å². The standard InChI is InChI=1S/C17H27N3/c1-3-5-12-6-8-13(9-7-12)17-19-15(4-2)14-10-18-11-16(14)20-17/h12-13,18H,3-11H2,1-2H3. The van der Waals surface area contributed by atoms with Gasteiger partial charge in [-0.2, -0.15) is 0 Å². The summed E-state index contributed by atoms with van der Waals surface area (Å²) in [6.45, 7) is 6.41. The Balaban J connectivity index is 1.75. The smallest absolute Gasteiger partial charge is 0.132 e. The monoisotopic (exact) mass is 273 g/mol. The van der Waals surface area contributed by atoms with Crippen molar-refractivity contribution in [1.29, 1.82) is 0 Å². The number of aromatic nitrogens is 2. The molecule has 20 heavy (non-hydrogen) atoms. The molecule has 0 atom stereocenters. The van der Waals surface area contributed by atoms with Gasteiger partial charge in [-0.15, -0.1) is 0 Å². The van der Waals surface area contributed by atoms with Crippen LogP contribution < -0.4 is 5.32 Å². The highest BCUT2D eigenvalue weighted by molar-refractivity contribution is 5.30. The van der Waals surface area contributed by atoms with Crippen LogP contribution in [-0.2, 0) is 19.5 Å². The molecule has 1 aliphatic heterocycles. The molecule has 0 aromatic carbocycles. The zero-order chi connectivity index (χ0) is 13.9. The van der Waals surface area contributed by atoms with E-state index in [0.29, 0.717) is 5.92 Å². The van der Waals surface area contributed by atoms with Crippen molar-refractivity contribution in [3.63, 3.8) is 0 Å². The fraction of sp³-hybridized carbons (Fsp3) is 0.765. The number of nitrogens with zero attached hydrogens (tertiary/aromatic N) is 2. The first-order valence-electron chi connectivity index (χ1n) is 8.41. The lowest BCUT2D eigenvalue weighted by molar-refractivity contribution is 0.301. The fourth-order valence-corrected chi connectivity index (χ4v) is 3.85. The maximum Gasteiger partial charge on any atom is 0.132 e. The average Bonchev–Trinajstić information content (AvgIpc) is 2.95. The summed E-state index contributed by atoms with van der Waals surface area (Å²) in [5.74, 6) is 2.71. The van der Waals surface area contributed by atoms with Gasteiger partial charge in [0.2, 0.25) is 0 Å². The summed E-state index contributed by atoms with van der Waals surface area (Å²) in [7, 11) is 0. The van der Waals surface area contributed by atoms with E-state index in [-0.39, 0.29) is 0 Å². The van der Waals surface area contributed by atoms with Gasteiger partial charge < -0.3 is 5.32 Å². The van der Waals surface area contributed by atoms with Gasteiger partial charge in [0, 0.05) is 30.3 Å². The highest BCUT2D eigenvalue weighted by Gasteiger charge is 2.26. The van der Waals surface area contributed by atoms with Crippen LogP contribution in [0.15, 0.2) is 0 Å². The minimum absolute atomic E-state index is 0.610. The third-order valence-electron chi connectivity index (χ3n) is 5.03. The van der Waals surface area contributed by atoms with E-state index >= 15 is 0 Å². The van der Waals surface area contributed by atoms with Crippen molar-refractivity contribution >= 4 is 0 Å². The predicted octanol–water partition coefficient (Wildman–Crippen LogP) is 3.72. The first kappa shape index (κ1) is 14.0. The van der Waals surface area contributed by atoms with Crippen molar-refractivity contribution in [2.45, 2.75) is 77.8 Å². The van der Waals surface area contributed by atoms with E-state index in [1.165, 1.54) is 55.5 Å². The minimum Gasteiger partial charge on any atom is -0.307 e. The van der Waals surface area contributed by atoms with E-state index in [0.717, 1.165) is 31.3 Å². The fourth-order valence-electron chi connectivity index (χ4n) is 3.85. The van der Waals surface area contributed by atoms with Crippen molar-refractivity contribution in [3.05, 3.63) is 22.8 Å². The molecule has 1 aromatic heterocycles. The average molecular weight is 273 g/mol. The minimum atomic E-state index is 0.610. The van der Waals surface area contributed by atoms with Gasteiger partial charge in [-0.25, -0.2) is 9.97 Å². The van der Waals surface area contributed by atoms with E-state index in [4.69, 9.17) is 9.97 Å². The van der Waals surface area contributed by atoms with Crippen LogP contribution in [0.2, 0.25) is 0 Å². The largest absolute Gasteiger partial charge is 0.307 e. The Labute approximate surface area is 122 Å². The first-order chi connectivity index (χ1) is 9.81. The molecule has 2 heterocycles. The summed E-state index contributed by atoms with van der Waals surface area (Å²) < 4.78 is 0. The van der Waals surface area contributed by atoms with Gasteiger partial charge >= 0.3 is 0 Å². The number of aryl methyl sites for hydroxylation is 1. The maximum absolute atomic E-state index is 4.91. The second-order valence-corrected chi connectivity index (χ2v) is 6.42. The van der Waals surface area contributed by atoms with Gasteiger partial charge in [0.25, 0.3) is 0 Å². The van der Waals surface area contributed by atoms with Crippen LogP contribution in [0.1, 0.15) is 81.1 Å². The van der Waals surface area contributed by atoms with Crippen molar-refractivity contribution in [2.75, 3.05) is 0 Å². The summed E-state index contributed by atoms with van der Waals surface area (Å²) in [5, 5.41) is 3.41. The van der Waals surface area contributed by atoms with Gasteiger partial charge in [-0.3, -0.25) is 0 Å². The van der Waals surface area contributed by atoms with Gasteiger partial charge in [0.05, 0.1) is 5.69 Å². The molecule has 3 nitrogen and oxygen atoms in total. The third-order valence-corrected chi connectivity index (χ3v) is 5.03. The zero-order valence-corrected chi connectivity index (χ0v) is 12.9. The molecule has 3 heteroatoms. The number of hydrogen-bond donors (Lipinski definition) is 1. The molecule has 2 aliphatic rings. The van der Waals surface area contributed by atoms with Crippen LogP contribution in [0.25, 0.3) is 0 Å². The van der Waals surface area contributed by atoms with E-state index in [1.54, 1.807) is 0 Å². The Bertz CT molecular complexity index is 462. The molecule has 0 saturated heterocycles. The molecule has 1 fully saturated rings. The SMILES string of the molecule is CCCC1CCC(c2nc(CC)c3c(n2)CNC3)CC1. The van der Waals surface area contributed by atoms with Crippen LogP contribution in [0.3, 0.4) is 0 Å². The lowest BCUT2D eigenvalue weighted by Gasteiger charge is -2.27. The maximum atomic E-state index is 4.91. The molecule has 1 aromatic rings. The Hall–Kier alpha value is -0.960. The Kier molecular flexibility index (Phi) is 4.35. The third kappa shape index (κ3) is 2.73. The van der Waals surface area contributed by atoms with Gasteiger partial charge in [0.15, 0.2) is 0 Å². The number of fused-ring (bicyclic) bond motifs is 1. The number of rotatable bonds is 4. The van der Waals surface area contributed by atoms with Crippen LogP contribution in [0.4, 0.5) is 0 Å². The van der Waals surface area contributed by atoms with Crippen LogP contribution in [0.5, 0.6) is 0 Å². The summed E-state index contributed by atoms with van der Waals surface area (Å²) in [6, 6.07) is 0. The molecule has 0 radical (unpaired) electrons. The van der Waals surface area contributed by atoms with Crippen molar-refractivity contribution < 1.29 is 0 Å². The topological polar surface area (TPSA) is 37.8 Å². The molecular formula is C17H27N3. The van der Waals surface area contributed by atoms with E-state index in [1.807, 2.05) is 0 Å². The van der Waals surface area contributed by atoms with Gasteiger partial charge in [0.1, 0.15) is 5.82 Å². The molecule has 0 amide bonds. The van der Waals surface area contributed by atoms with E-state index < -0.39 is 0 Å². The molecule has 110 valence electrons. The Morgan fingerprint density at radius 3 is 2.55 bits per heavy atom. The predicted molar refractivity (Wildman–Crippen MR) is 81.6 cm³/mol. The quantitative estimate of drug-likeness (QED) is 0.908. The van der Waals surface area contributed by atoms with Crippen LogP contribution in [-0.4, -0.2) is 9.97 Å². The Morgan fingerprint density at radius 2 is 1.85 bits per heavy atom. The summed E-state index contributed by atoms with van der Waals surface area (Å²) in [5.41, 5.74) is 3.92. The molecule has 0 bridgehead atoms. The summed E-state index contributed by atoms with van der Waals surface area (Å²) >= 11 is 0. The molecule has 1 saturated carbocycles. The van der Waals surface area contributed by atoms with Crippen molar-refractivity contribution in [3.8, 4) is 0 Å². The highest BCUT2D eigenvalue weighted by Crippen LogP contribution is 2.36. The second kappa shape index (κ2) is 6.21. The van der Waals surface area contributed by atoms with E-state index in [9.17, 15) is 0 Å². The summed E-state index contributed by atoms with van der Waals surface area (Å²) in [6.07, 6.45) is 9.10. The molecule has 0 unspecified atom stereocenters.